The second kappa shape index (κ2) is 7.41. The van der Waals surface area contributed by atoms with Gasteiger partial charge in [0.25, 0.3) is 0 Å². The highest BCUT2D eigenvalue weighted by atomic mass is 16.2. The van der Waals surface area contributed by atoms with Gasteiger partial charge in [-0.3, -0.25) is 4.79 Å². The number of carbonyl (C=O) groups excluding carboxylic acids is 1. The van der Waals surface area contributed by atoms with Crippen molar-refractivity contribution in [2.75, 3.05) is 37.6 Å². The highest BCUT2D eigenvalue weighted by Gasteiger charge is 2.21. The first-order valence-electron chi connectivity index (χ1n) is 7.73. The number of nitrogens with one attached hydrogen (secondary N) is 1. The van der Waals surface area contributed by atoms with Crippen molar-refractivity contribution in [3.63, 3.8) is 0 Å². The Hall–Kier alpha value is -1.62. The van der Waals surface area contributed by atoms with Crippen LogP contribution in [0.1, 0.15) is 26.3 Å². The Morgan fingerprint density at radius 2 is 2.05 bits per heavy atom. The van der Waals surface area contributed by atoms with Gasteiger partial charge in [0.15, 0.2) is 0 Å². The molecule has 1 aliphatic rings. The van der Waals surface area contributed by atoms with Crippen LogP contribution in [0.2, 0.25) is 0 Å². The highest BCUT2D eigenvalue weighted by molar-refractivity contribution is 5.73. The number of rotatable bonds is 5. The lowest BCUT2D eigenvalue weighted by molar-refractivity contribution is -0.129. The molecule has 5 heteroatoms. The lowest BCUT2D eigenvalue weighted by atomic mass is 10.2. The van der Waals surface area contributed by atoms with Gasteiger partial charge in [0.2, 0.25) is 5.91 Å². The molecule has 1 aromatic rings. The van der Waals surface area contributed by atoms with Crippen LogP contribution in [0, 0.1) is 5.92 Å². The van der Waals surface area contributed by atoms with E-state index in [-0.39, 0.29) is 5.91 Å². The molecule has 0 atom stereocenters. The van der Waals surface area contributed by atoms with Crippen molar-refractivity contribution in [1.29, 1.82) is 0 Å². The Bertz CT molecular complexity index is 467. The van der Waals surface area contributed by atoms with Gasteiger partial charge in [-0.2, -0.15) is 0 Å². The zero-order valence-corrected chi connectivity index (χ0v) is 13.3. The third-order valence-corrected chi connectivity index (χ3v) is 3.76. The summed E-state index contributed by atoms with van der Waals surface area (Å²) in [6.07, 6.45) is 1.85. The summed E-state index contributed by atoms with van der Waals surface area (Å²) in [6.45, 7) is 11.2. The molecule has 5 nitrogen and oxygen atoms in total. The average molecular weight is 290 g/mol. The molecule has 0 bridgehead atoms. The monoisotopic (exact) mass is 290 g/mol. The lowest BCUT2D eigenvalue weighted by Crippen LogP contribution is -2.48. The molecule has 0 radical (unpaired) electrons. The molecule has 0 spiro atoms. The first kappa shape index (κ1) is 15.8. The van der Waals surface area contributed by atoms with Crippen LogP contribution < -0.4 is 10.2 Å². The van der Waals surface area contributed by atoms with Crippen LogP contribution in [-0.2, 0) is 11.3 Å². The smallest absolute Gasteiger partial charge is 0.219 e. The summed E-state index contributed by atoms with van der Waals surface area (Å²) in [7, 11) is 0. The maximum Gasteiger partial charge on any atom is 0.219 e. The summed E-state index contributed by atoms with van der Waals surface area (Å²) in [5.74, 6) is 1.86. The van der Waals surface area contributed by atoms with Crippen LogP contribution >= 0.6 is 0 Å². The predicted molar refractivity (Wildman–Crippen MR) is 85.2 cm³/mol. The summed E-state index contributed by atoms with van der Waals surface area (Å²) in [4.78, 5) is 20.1. The first-order valence-corrected chi connectivity index (χ1v) is 7.73. The summed E-state index contributed by atoms with van der Waals surface area (Å²) in [6, 6.07) is 4.12. The summed E-state index contributed by atoms with van der Waals surface area (Å²) >= 11 is 0. The number of pyridine rings is 1. The van der Waals surface area contributed by atoms with E-state index in [1.807, 2.05) is 17.2 Å². The number of anilines is 1. The summed E-state index contributed by atoms with van der Waals surface area (Å²) < 4.78 is 0. The van der Waals surface area contributed by atoms with E-state index in [9.17, 15) is 4.79 Å². The molecule has 1 saturated heterocycles. The number of nitrogens with zero attached hydrogens (tertiary/aromatic N) is 3. The normalized spacial score (nSPS) is 15.6. The van der Waals surface area contributed by atoms with Crippen molar-refractivity contribution < 1.29 is 4.79 Å². The van der Waals surface area contributed by atoms with E-state index in [0.717, 1.165) is 45.1 Å². The van der Waals surface area contributed by atoms with Gasteiger partial charge in [-0.25, -0.2) is 4.98 Å². The molecule has 2 heterocycles. The quantitative estimate of drug-likeness (QED) is 0.893. The van der Waals surface area contributed by atoms with E-state index in [1.165, 1.54) is 5.56 Å². The van der Waals surface area contributed by atoms with E-state index in [1.54, 1.807) is 6.92 Å². The van der Waals surface area contributed by atoms with Gasteiger partial charge in [-0.1, -0.05) is 19.9 Å². The van der Waals surface area contributed by atoms with E-state index in [0.29, 0.717) is 5.92 Å². The van der Waals surface area contributed by atoms with Crippen molar-refractivity contribution in [2.45, 2.75) is 27.3 Å². The zero-order chi connectivity index (χ0) is 15.2. The number of hydrogen-bond acceptors (Lipinski definition) is 4. The third kappa shape index (κ3) is 4.43. The van der Waals surface area contributed by atoms with Crippen LogP contribution in [0.5, 0.6) is 0 Å². The second-order valence-corrected chi connectivity index (χ2v) is 6.00. The molecule has 116 valence electrons. The molecule has 0 unspecified atom stereocenters. The topological polar surface area (TPSA) is 48.5 Å². The van der Waals surface area contributed by atoms with Crippen molar-refractivity contribution in [3.8, 4) is 0 Å². The minimum Gasteiger partial charge on any atom is -0.353 e. The molecule has 1 amide bonds. The van der Waals surface area contributed by atoms with Gasteiger partial charge in [0.05, 0.1) is 0 Å². The van der Waals surface area contributed by atoms with Gasteiger partial charge in [0, 0.05) is 51.4 Å². The fourth-order valence-electron chi connectivity index (χ4n) is 2.58. The highest BCUT2D eigenvalue weighted by Crippen LogP contribution is 2.19. The predicted octanol–water partition coefficient (Wildman–Crippen LogP) is 1.50. The lowest BCUT2D eigenvalue weighted by Gasteiger charge is -2.35. The van der Waals surface area contributed by atoms with Gasteiger partial charge in [-0.05, 0) is 18.5 Å². The zero-order valence-electron chi connectivity index (χ0n) is 13.3. The van der Waals surface area contributed by atoms with E-state index in [2.05, 4.69) is 35.1 Å². The fraction of sp³-hybridized carbons (Fsp3) is 0.625. The van der Waals surface area contributed by atoms with E-state index < -0.39 is 0 Å². The molecule has 1 aliphatic heterocycles. The minimum atomic E-state index is 0.162. The van der Waals surface area contributed by atoms with Gasteiger partial charge in [0.1, 0.15) is 5.82 Å². The van der Waals surface area contributed by atoms with Crippen molar-refractivity contribution in [3.05, 3.63) is 23.9 Å². The molecule has 0 aromatic carbocycles. The number of aromatic nitrogens is 1. The molecule has 0 aliphatic carbocycles. The third-order valence-electron chi connectivity index (χ3n) is 3.76. The number of amides is 1. The Labute approximate surface area is 127 Å². The molecule has 1 fully saturated rings. The van der Waals surface area contributed by atoms with Crippen LogP contribution in [0.25, 0.3) is 0 Å². The molecular formula is C16H26N4O. The molecule has 2 rings (SSSR count). The van der Waals surface area contributed by atoms with Crippen LogP contribution in [-0.4, -0.2) is 48.5 Å². The van der Waals surface area contributed by atoms with Crippen LogP contribution in [0.3, 0.4) is 0 Å². The van der Waals surface area contributed by atoms with E-state index in [4.69, 9.17) is 0 Å². The van der Waals surface area contributed by atoms with Crippen molar-refractivity contribution >= 4 is 11.7 Å². The fourth-order valence-corrected chi connectivity index (χ4v) is 2.58. The SMILES string of the molecule is CC(=O)N1CCN(c2ncccc2CNCC(C)C)CC1. The Morgan fingerprint density at radius 3 is 2.67 bits per heavy atom. The first-order chi connectivity index (χ1) is 10.1. The number of piperazine rings is 1. The van der Waals surface area contributed by atoms with Gasteiger partial charge in [-0.15, -0.1) is 0 Å². The van der Waals surface area contributed by atoms with Gasteiger partial charge < -0.3 is 15.1 Å². The average Bonchev–Trinajstić information content (AvgIpc) is 2.47. The Morgan fingerprint density at radius 1 is 1.33 bits per heavy atom. The van der Waals surface area contributed by atoms with Crippen LogP contribution in [0.15, 0.2) is 18.3 Å². The Balaban J connectivity index is 1.98. The van der Waals surface area contributed by atoms with Crippen molar-refractivity contribution in [1.82, 2.24) is 15.2 Å². The molecular weight excluding hydrogens is 264 g/mol. The number of carbonyl (C=O) groups is 1. The van der Waals surface area contributed by atoms with Gasteiger partial charge >= 0.3 is 0 Å². The van der Waals surface area contributed by atoms with Crippen LogP contribution in [0.4, 0.5) is 5.82 Å². The maximum absolute atomic E-state index is 11.4. The summed E-state index contributed by atoms with van der Waals surface area (Å²) in [5, 5.41) is 3.48. The molecule has 1 N–H and O–H groups in total. The number of hydrogen-bond donors (Lipinski definition) is 1. The minimum absolute atomic E-state index is 0.162. The Kier molecular flexibility index (Phi) is 5.56. The maximum atomic E-state index is 11.4. The largest absolute Gasteiger partial charge is 0.353 e. The second-order valence-electron chi connectivity index (χ2n) is 6.00. The molecule has 0 saturated carbocycles. The molecule has 21 heavy (non-hydrogen) atoms. The van der Waals surface area contributed by atoms with Crippen molar-refractivity contribution in [2.24, 2.45) is 5.92 Å². The standard InChI is InChI=1S/C16H26N4O/c1-13(2)11-17-12-15-5-4-6-18-16(15)20-9-7-19(8-10-20)14(3)21/h4-6,13,17H,7-12H2,1-3H3. The molecule has 1 aromatic heterocycles. The summed E-state index contributed by atoms with van der Waals surface area (Å²) in [5.41, 5.74) is 1.23. The van der Waals surface area contributed by atoms with E-state index >= 15 is 0 Å².